The summed E-state index contributed by atoms with van der Waals surface area (Å²) < 4.78 is 0. The number of aryl methyl sites for hydroxylation is 1. The number of carbonyl (C=O) groups is 1. The fraction of sp³-hybridized carbons (Fsp3) is 0.615. The second-order valence-electron chi connectivity index (χ2n) is 4.83. The van der Waals surface area contributed by atoms with Crippen LogP contribution in [0.1, 0.15) is 48.3 Å². The molecule has 4 nitrogen and oxygen atoms in total. The fourth-order valence-corrected chi connectivity index (χ4v) is 2.67. The molecule has 0 aromatic carbocycles. The summed E-state index contributed by atoms with van der Waals surface area (Å²) in [6.07, 6.45) is 7.16. The summed E-state index contributed by atoms with van der Waals surface area (Å²) in [7, 11) is 0. The molecule has 0 saturated heterocycles. The summed E-state index contributed by atoms with van der Waals surface area (Å²) >= 11 is 5.93. The molecular formula is C13H18ClN3O. The Balaban J connectivity index is 2.05. The van der Waals surface area contributed by atoms with Gasteiger partial charge in [-0.3, -0.25) is 4.79 Å². The second kappa shape index (κ2) is 6.14. The highest BCUT2D eigenvalue weighted by atomic mass is 35.5. The highest BCUT2D eigenvalue weighted by molar-refractivity contribution is 6.32. The van der Waals surface area contributed by atoms with E-state index in [9.17, 15) is 4.79 Å². The van der Waals surface area contributed by atoms with Gasteiger partial charge in [0.05, 0.1) is 5.56 Å². The van der Waals surface area contributed by atoms with Gasteiger partial charge in [-0.1, -0.05) is 30.9 Å². The molecular weight excluding hydrogens is 250 g/mol. The van der Waals surface area contributed by atoms with E-state index in [2.05, 4.69) is 15.3 Å². The molecule has 1 heterocycles. The van der Waals surface area contributed by atoms with Gasteiger partial charge in [-0.05, 0) is 25.7 Å². The molecule has 0 atom stereocenters. The van der Waals surface area contributed by atoms with Crippen LogP contribution in [0, 0.1) is 12.8 Å². The Bertz CT molecular complexity index is 430. The maximum atomic E-state index is 11.0. The lowest BCUT2D eigenvalue weighted by Crippen LogP contribution is -2.19. The molecule has 1 aromatic rings. The lowest BCUT2D eigenvalue weighted by Gasteiger charge is -2.22. The molecule has 0 spiro atoms. The molecule has 1 aromatic heterocycles. The molecule has 1 aliphatic rings. The van der Waals surface area contributed by atoms with E-state index in [1.165, 1.54) is 32.1 Å². The molecule has 0 aliphatic heterocycles. The topological polar surface area (TPSA) is 54.9 Å². The molecule has 18 heavy (non-hydrogen) atoms. The van der Waals surface area contributed by atoms with Gasteiger partial charge in [0.2, 0.25) is 0 Å². The molecule has 98 valence electrons. The van der Waals surface area contributed by atoms with E-state index in [0.29, 0.717) is 29.4 Å². The first kappa shape index (κ1) is 13.3. The van der Waals surface area contributed by atoms with Gasteiger partial charge in [0, 0.05) is 6.54 Å². The Morgan fingerprint density at radius 2 is 2.06 bits per heavy atom. The maximum Gasteiger partial charge on any atom is 0.156 e. The number of rotatable bonds is 4. The summed E-state index contributed by atoms with van der Waals surface area (Å²) in [5, 5.41) is 3.47. The van der Waals surface area contributed by atoms with E-state index in [1.807, 2.05) is 0 Å². The molecule has 0 unspecified atom stereocenters. The van der Waals surface area contributed by atoms with Crippen LogP contribution in [-0.2, 0) is 0 Å². The van der Waals surface area contributed by atoms with Gasteiger partial charge in [-0.15, -0.1) is 0 Å². The van der Waals surface area contributed by atoms with Crippen LogP contribution >= 0.6 is 11.6 Å². The number of nitrogens with one attached hydrogen (secondary N) is 1. The van der Waals surface area contributed by atoms with Crippen molar-refractivity contribution in [2.45, 2.75) is 39.0 Å². The predicted molar refractivity (Wildman–Crippen MR) is 72.2 cm³/mol. The molecule has 2 rings (SSSR count). The summed E-state index contributed by atoms with van der Waals surface area (Å²) in [4.78, 5) is 19.2. The van der Waals surface area contributed by atoms with E-state index < -0.39 is 0 Å². The van der Waals surface area contributed by atoms with Crippen molar-refractivity contribution in [2.24, 2.45) is 5.92 Å². The zero-order valence-corrected chi connectivity index (χ0v) is 11.3. The van der Waals surface area contributed by atoms with Crippen molar-refractivity contribution in [1.82, 2.24) is 9.97 Å². The van der Waals surface area contributed by atoms with Gasteiger partial charge in [-0.2, -0.15) is 0 Å². The number of anilines is 1. The average Bonchev–Trinajstić information content (AvgIpc) is 2.37. The van der Waals surface area contributed by atoms with Crippen LogP contribution in [0.15, 0.2) is 0 Å². The summed E-state index contributed by atoms with van der Waals surface area (Å²) in [6.45, 7) is 2.62. The van der Waals surface area contributed by atoms with Crippen molar-refractivity contribution in [2.75, 3.05) is 11.9 Å². The number of aromatic nitrogens is 2. The minimum atomic E-state index is 0.226. The quantitative estimate of drug-likeness (QED) is 0.672. The van der Waals surface area contributed by atoms with Crippen molar-refractivity contribution in [3.05, 3.63) is 16.5 Å². The van der Waals surface area contributed by atoms with Crippen LogP contribution < -0.4 is 5.32 Å². The standard InChI is InChI=1S/C13H18ClN3O/c1-9-16-12(14)11(8-18)13(17-9)15-7-10-5-3-2-4-6-10/h8,10H,2-7H2,1H3,(H,15,16,17). The number of nitrogens with zero attached hydrogens (tertiary/aromatic N) is 2. The minimum Gasteiger partial charge on any atom is -0.369 e. The Kier molecular flexibility index (Phi) is 4.53. The number of hydrogen-bond acceptors (Lipinski definition) is 4. The van der Waals surface area contributed by atoms with Crippen LogP contribution in [0.2, 0.25) is 5.15 Å². The molecule has 5 heteroatoms. The Labute approximate surface area is 112 Å². The monoisotopic (exact) mass is 267 g/mol. The van der Waals surface area contributed by atoms with Gasteiger partial charge >= 0.3 is 0 Å². The highest BCUT2D eigenvalue weighted by Crippen LogP contribution is 2.25. The first-order valence-electron chi connectivity index (χ1n) is 6.44. The zero-order valence-electron chi connectivity index (χ0n) is 10.6. The zero-order chi connectivity index (χ0) is 13.0. The van der Waals surface area contributed by atoms with Crippen molar-refractivity contribution < 1.29 is 4.79 Å². The Hall–Kier alpha value is -1.16. The van der Waals surface area contributed by atoms with Crippen molar-refractivity contribution in [1.29, 1.82) is 0 Å². The van der Waals surface area contributed by atoms with Crippen LogP contribution in [-0.4, -0.2) is 22.8 Å². The van der Waals surface area contributed by atoms with Crippen LogP contribution in [0.3, 0.4) is 0 Å². The SMILES string of the molecule is Cc1nc(Cl)c(C=O)c(NCC2CCCCC2)n1. The number of carbonyl (C=O) groups excluding carboxylic acids is 1. The van der Waals surface area contributed by atoms with Gasteiger partial charge in [0.1, 0.15) is 16.8 Å². The Morgan fingerprint density at radius 1 is 1.33 bits per heavy atom. The first-order chi connectivity index (χ1) is 8.70. The summed E-state index contributed by atoms with van der Waals surface area (Å²) in [5.41, 5.74) is 0.359. The van der Waals surface area contributed by atoms with Crippen LogP contribution in [0.25, 0.3) is 0 Å². The normalized spacial score (nSPS) is 16.6. The lowest BCUT2D eigenvalue weighted by molar-refractivity contribution is 0.112. The van der Waals surface area contributed by atoms with Crippen molar-refractivity contribution in [3.63, 3.8) is 0 Å². The van der Waals surface area contributed by atoms with Crippen LogP contribution in [0.5, 0.6) is 0 Å². The maximum absolute atomic E-state index is 11.0. The fourth-order valence-electron chi connectivity index (χ4n) is 2.42. The number of hydrogen-bond donors (Lipinski definition) is 1. The average molecular weight is 268 g/mol. The molecule has 1 aliphatic carbocycles. The molecule has 1 N–H and O–H groups in total. The van der Waals surface area contributed by atoms with Crippen molar-refractivity contribution >= 4 is 23.7 Å². The van der Waals surface area contributed by atoms with Crippen LogP contribution in [0.4, 0.5) is 5.82 Å². The summed E-state index contributed by atoms with van der Waals surface area (Å²) in [6, 6.07) is 0. The molecule has 1 saturated carbocycles. The molecule has 1 fully saturated rings. The van der Waals surface area contributed by atoms with Crippen molar-refractivity contribution in [3.8, 4) is 0 Å². The van der Waals surface area contributed by atoms with E-state index >= 15 is 0 Å². The van der Waals surface area contributed by atoms with Gasteiger partial charge in [-0.25, -0.2) is 9.97 Å². The first-order valence-corrected chi connectivity index (χ1v) is 6.81. The third-order valence-electron chi connectivity index (χ3n) is 3.41. The second-order valence-corrected chi connectivity index (χ2v) is 5.18. The molecule has 0 amide bonds. The van der Waals surface area contributed by atoms with E-state index in [0.717, 1.165) is 6.54 Å². The van der Waals surface area contributed by atoms with E-state index in [4.69, 9.17) is 11.6 Å². The lowest BCUT2D eigenvalue weighted by atomic mass is 9.89. The van der Waals surface area contributed by atoms with Gasteiger partial charge in [0.25, 0.3) is 0 Å². The highest BCUT2D eigenvalue weighted by Gasteiger charge is 2.15. The number of aldehydes is 1. The minimum absolute atomic E-state index is 0.226. The largest absolute Gasteiger partial charge is 0.369 e. The smallest absolute Gasteiger partial charge is 0.156 e. The van der Waals surface area contributed by atoms with Gasteiger partial charge < -0.3 is 5.32 Å². The van der Waals surface area contributed by atoms with E-state index in [1.54, 1.807) is 6.92 Å². The Morgan fingerprint density at radius 3 is 2.72 bits per heavy atom. The third-order valence-corrected chi connectivity index (χ3v) is 3.70. The molecule has 0 bridgehead atoms. The van der Waals surface area contributed by atoms with Gasteiger partial charge in [0.15, 0.2) is 6.29 Å². The predicted octanol–water partition coefficient (Wildman–Crippen LogP) is 3.24. The van der Waals surface area contributed by atoms with E-state index in [-0.39, 0.29) is 5.15 Å². The molecule has 0 radical (unpaired) electrons. The number of halogens is 1. The summed E-state index contributed by atoms with van der Waals surface area (Å²) in [5.74, 6) is 1.82. The third kappa shape index (κ3) is 3.19.